The molecule has 0 aliphatic rings. The summed E-state index contributed by atoms with van der Waals surface area (Å²) < 4.78 is 25.5. The Morgan fingerprint density at radius 3 is 2.22 bits per heavy atom. The Hall–Kier alpha value is -2.54. The predicted octanol–water partition coefficient (Wildman–Crippen LogP) is 4.78. The SMILES string of the molecule is O=C(Nc1cccc(S(=O)(=O)c2ccc(Cl)cc2)c1)c1cc(Cl)ccc1O. The number of aromatic hydroxyl groups is 1. The van der Waals surface area contributed by atoms with Gasteiger partial charge in [0.1, 0.15) is 5.75 Å². The van der Waals surface area contributed by atoms with Crippen molar-refractivity contribution in [1.29, 1.82) is 0 Å². The largest absolute Gasteiger partial charge is 0.507 e. The molecule has 2 N–H and O–H groups in total. The number of nitrogens with one attached hydrogen (secondary N) is 1. The maximum atomic E-state index is 12.7. The molecule has 138 valence electrons. The van der Waals surface area contributed by atoms with E-state index >= 15 is 0 Å². The van der Waals surface area contributed by atoms with E-state index in [2.05, 4.69) is 5.32 Å². The number of carbonyl (C=O) groups excluding carboxylic acids is 1. The van der Waals surface area contributed by atoms with Gasteiger partial charge in [0.15, 0.2) is 0 Å². The van der Waals surface area contributed by atoms with Crippen LogP contribution in [0.5, 0.6) is 5.75 Å². The first kappa shape index (κ1) is 19.2. The van der Waals surface area contributed by atoms with Gasteiger partial charge in [-0.05, 0) is 60.7 Å². The highest BCUT2D eigenvalue weighted by Gasteiger charge is 2.19. The van der Waals surface area contributed by atoms with Gasteiger partial charge in [-0.15, -0.1) is 0 Å². The zero-order valence-electron chi connectivity index (χ0n) is 13.7. The number of rotatable bonds is 4. The average molecular weight is 422 g/mol. The van der Waals surface area contributed by atoms with E-state index in [1.165, 1.54) is 60.7 Å². The Labute approximate surface area is 166 Å². The van der Waals surface area contributed by atoms with Crippen LogP contribution in [0.2, 0.25) is 10.0 Å². The third-order valence-electron chi connectivity index (χ3n) is 3.73. The molecule has 27 heavy (non-hydrogen) atoms. The maximum absolute atomic E-state index is 12.7. The second-order valence-corrected chi connectivity index (χ2v) is 8.42. The summed E-state index contributed by atoms with van der Waals surface area (Å²) >= 11 is 11.6. The summed E-state index contributed by atoms with van der Waals surface area (Å²) in [7, 11) is -3.77. The van der Waals surface area contributed by atoms with Crippen LogP contribution in [-0.2, 0) is 9.84 Å². The number of amides is 1. The normalized spacial score (nSPS) is 11.2. The van der Waals surface area contributed by atoms with Gasteiger partial charge >= 0.3 is 0 Å². The molecule has 0 unspecified atom stereocenters. The number of phenols is 1. The lowest BCUT2D eigenvalue weighted by Gasteiger charge is -2.10. The van der Waals surface area contributed by atoms with Crippen LogP contribution in [-0.4, -0.2) is 19.4 Å². The number of anilines is 1. The van der Waals surface area contributed by atoms with E-state index in [-0.39, 0.29) is 31.8 Å². The van der Waals surface area contributed by atoms with Gasteiger partial charge in [-0.2, -0.15) is 0 Å². The highest BCUT2D eigenvalue weighted by atomic mass is 35.5. The van der Waals surface area contributed by atoms with Crippen LogP contribution in [0.25, 0.3) is 0 Å². The first-order valence-corrected chi connectivity index (χ1v) is 9.92. The molecule has 8 heteroatoms. The minimum absolute atomic E-state index is 0.0120. The molecule has 3 aromatic rings. The third kappa shape index (κ3) is 4.24. The van der Waals surface area contributed by atoms with Gasteiger partial charge in [0, 0.05) is 15.7 Å². The molecule has 5 nitrogen and oxygen atoms in total. The van der Waals surface area contributed by atoms with E-state index in [4.69, 9.17) is 23.2 Å². The summed E-state index contributed by atoms with van der Waals surface area (Å²) in [6.07, 6.45) is 0. The minimum Gasteiger partial charge on any atom is -0.507 e. The van der Waals surface area contributed by atoms with Crippen molar-refractivity contribution < 1.29 is 18.3 Å². The van der Waals surface area contributed by atoms with E-state index in [1.807, 2.05) is 0 Å². The van der Waals surface area contributed by atoms with Gasteiger partial charge in [0.05, 0.1) is 15.4 Å². The number of hydrogen-bond acceptors (Lipinski definition) is 4. The first-order chi connectivity index (χ1) is 12.8. The summed E-state index contributed by atoms with van der Waals surface area (Å²) in [5, 5.41) is 13.1. The fraction of sp³-hybridized carbons (Fsp3) is 0. The van der Waals surface area contributed by atoms with Crippen molar-refractivity contribution in [3.63, 3.8) is 0 Å². The van der Waals surface area contributed by atoms with E-state index in [0.717, 1.165) is 0 Å². The van der Waals surface area contributed by atoms with Crippen molar-refractivity contribution in [2.45, 2.75) is 9.79 Å². The summed E-state index contributed by atoms with van der Waals surface area (Å²) in [5.74, 6) is -0.849. The van der Waals surface area contributed by atoms with E-state index in [0.29, 0.717) is 5.02 Å². The fourth-order valence-electron chi connectivity index (χ4n) is 2.38. The van der Waals surface area contributed by atoms with Crippen LogP contribution in [0.4, 0.5) is 5.69 Å². The molecule has 0 heterocycles. The number of halogens is 2. The molecule has 0 spiro atoms. The van der Waals surface area contributed by atoms with Crippen LogP contribution < -0.4 is 5.32 Å². The Kier molecular flexibility index (Phi) is 5.41. The van der Waals surface area contributed by atoms with E-state index in [1.54, 1.807) is 6.07 Å². The smallest absolute Gasteiger partial charge is 0.259 e. The quantitative estimate of drug-likeness (QED) is 0.634. The van der Waals surface area contributed by atoms with Crippen LogP contribution in [0.1, 0.15) is 10.4 Å². The van der Waals surface area contributed by atoms with Gasteiger partial charge in [-0.1, -0.05) is 29.3 Å². The molecule has 0 aliphatic carbocycles. The Bertz CT molecular complexity index is 1110. The van der Waals surface area contributed by atoms with Gasteiger partial charge in [0.25, 0.3) is 5.91 Å². The average Bonchev–Trinajstić information content (AvgIpc) is 2.64. The second-order valence-electron chi connectivity index (χ2n) is 5.60. The topological polar surface area (TPSA) is 83.5 Å². The van der Waals surface area contributed by atoms with Crippen molar-refractivity contribution in [1.82, 2.24) is 0 Å². The van der Waals surface area contributed by atoms with Crippen molar-refractivity contribution in [3.05, 3.63) is 82.3 Å². The zero-order valence-corrected chi connectivity index (χ0v) is 16.0. The monoisotopic (exact) mass is 421 g/mol. The Morgan fingerprint density at radius 1 is 0.852 bits per heavy atom. The van der Waals surface area contributed by atoms with Gasteiger partial charge in [-0.3, -0.25) is 4.79 Å². The van der Waals surface area contributed by atoms with Crippen molar-refractivity contribution in [2.75, 3.05) is 5.32 Å². The lowest BCUT2D eigenvalue weighted by atomic mass is 10.2. The van der Waals surface area contributed by atoms with Crippen molar-refractivity contribution >= 4 is 44.6 Å². The first-order valence-electron chi connectivity index (χ1n) is 7.68. The highest BCUT2D eigenvalue weighted by molar-refractivity contribution is 7.91. The van der Waals surface area contributed by atoms with Crippen LogP contribution in [0.3, 0.4) is 0 Å². The van der Waals surface area contributed by atoms with Crippen molar-refractivity contribution in [2.24, 2.45) is 0 Å². The van der Waals surface area contributed by atoms with Crippen molar-refractivity contribution in [3.8, 4) is 5.75 Å². The molecular formula is C19H13Cl2NO4S. The zero-order chi connectivity index (χ0) is 19.6. The molecule has 3 rings (SSSR count). The molecule has 0 saturated heterocycles. The number of carbonyl (C=O) groups is 1. The predicted molar refractivity (Wildman–Crippen MR) is 104 cm³/mol. The van der Waals surface area contributed by atoms with Crippen LogP contribution in [0, 0.1) is 0 Å². The molecule has 0 atom stereocenters. The maximum Gasteiger partial charge on any atom is 0.259 e. The number of hydrogen-bond donors (Lipinski definition) is 2. The highest BCUT2D eigenvalue weighted by Crippen LogP contribution is 2.26. The molecular weight excluding hydrogens is 409 g/mol. The second kappa shape index (κ2) is 7.60. The summed E-state index contributed by atoms with van der Waals surface area (Å²) in [6, 6.07) is 15.7. The molecule has 0 aliphatic heterocycles. The molecule has 0 bridgehead atoms. The van der Waals surface area contributed by atoms with Crippen LogP contribution >= 0.6 is 23.2 Å². The molecule has 0 radical (unpaired) electrons. The summed E-state index contributed by atoms with van der Waals surface area (Å²) in [4.78, 5) is 12.5. The Morgan fingerprint density at radius 2 is 1.52 bits per heavy atom. The minimum atomic E-state index is -3.77. The number of phenolic OH excluding ortho intramolecular Hbond substituents is 1. The lowest BCUT2D eigenvalue weighted by Crippen LogP contribution is -2.12. The molecule has 0 fully saturated rings. The Balaban J connectivity index is 1.90. The summed E-state index contributed by atoms with van der Waals surface area (Å²) in [6.45, 7) is 0. The lowest BCUT2D eigenvalue weighted by molar-refractivity contribution is 0.102. The standard InChI is InChI=1S/C19H13Cl2NO4S/c20-12-4-7-15(8-5-12)27(25,26)16-3-1-2-14(11-16)22-19(24)17-10-13(21)6-9-18(17)23/h1-11,23H,(H,22,24). The molecule has 3 aromatic carbocycles. The molecule has 0 saturated carbocycles. The number of sulfone groups is 1. The van der Waals surface area contributed by atoms with E-state index < -0.39 is 15.7 Å². The number of benzene rings is 3. The van der Waals surface area contributed by atoms with Gasteiger partial charge < -0.3 is 10.4 Å². The van der Waals surface area contributed by atoms with Gasteiger partial charge in [0.2, 0.25) is 9.84 Å². The van der Waals surface area contributed by atoms with Crippen LogP contribution in [0.15, 0.2) is 76.5 Å². The third-order valence-corrected chi connectivity index (χ3v) is 5.98. The van der Waals surface area contributed by atoms with Gasteiger partial charge in [-0.25, -0.2) is 8.42 Å². The molecule has 0 aromatic heterocycles. The fourth-order valence-corrected chi connectivity index (χ4v) is 3.98. The molecule has 1 amide bonds. The summed E-state index contributed by atoms with van der Waals surface area (Å²) in [5.41, 5.74) is 0.239. The van der Waals surface area contributed by atoms with E-state index in [9.17, 15) is 18.3 Å².